The smallest absolute Gasteiger partial charge is 0.258 e. The Balaban J connectivity index is 2.83. The van der Waals surface area contributed by atoms with Crippen LogP contribution in [-0.4, -0.2) is 15.1 Å². The van der Waals surface area contributed by atoms with Crippen LogP contribution in [-0.2, 0) is 6.42 Å². The van der Waals surface area contributed by atoms with Crippen molar-refractivity contribution in [1.29, 1.82) is 0 Å². The molecule has 2 rings (SSSR count). The summed E-state index contributed by atoms with van der Waals surface area (Å²) in [5, 5.41) is 9.62. The normalized spacial score (nSPS) is 10.6. The van der Waals surface area contributed by atoms with E-state index in [2.05, 4.69) is 9.97 Å². The van der Waals surface area contributed by atoms with Crippen LogP contribution in [0.2, 0.25) is 0 Å². The number of rotatable bonds is 1. The van der Waals surface area contributed by atoms with Crippen molar-refractivity contribution in [3.8, 4) is 5.75 Å². The minimum absolute atomic E-state index is 0.0778. The van der Waals surface area contributed by atoms with E-state index in [0.29, 0.717) is 23.1 Å². The van der Waals surface area contributed by atoms with E-state index in [4.69, 9.17) is 0 Å². The number of benzene rings is 1. The molecule has 0 fully saturated rings. The van der Waals surface area contributed by atoms with Crippen LogP contribution >= 0.6 is 0 Å². The molecule has 1 heterocycles. The number of nitrogens with one attached hydrogen (secondary N) is 1. The third kappa shape index (κ3) is 1.35. The largest absolute Gasteiger partial charge is 0.508 e. The predicted octanol–water partition coefficient (Wildman–Crippen LogP) is 1.19. The fraction of sp³-hybridized carbons (Fsp3) is 0.200. The fourth-order valence-corrected chi connectivity index (χ4v) is 1.34. The Kier molecular flexibility index (Phi) is 1.96. The van der Waals surface area contributed by atoms with Crippen LogP contribution in [0.5, 0.6) is 5.75 Å². The molecule has 0 bridgehead atoms. The maximum atomic E-state index is 11.5. The van der Waals surface area contributed by atoms with Crippen molar-refractivity contribution >= 4 is 10.9 Å². The number of aromatic nitrogens is 2. The molecular weight excluding hydrogens is 180 g/mol. The average molecular weight is 190 g/mol. The molecule has 0 amide bonds. The lowest BCUT2D eigenvalue weighted by atomic mass is 10.2. The van der Waals surface area contributed by atoms with Crippen molar-refractivity contribution in [3.63, 3.8) is 0 Å². The van der Waals surface area contributed by atoms with Gasteiger partial charge in [-0.1, -0.05) is 6.92 Å². The SMILES string of the molecule is CCc1nc2ccc(O)cc2c(=O)[nH]1. The quantitative estimate of drug-likeness (QED) is 0.709. The minimum Gasteiger partial charge on any atom is -0.508 e. The van der Waals surface area contributed by atoms with E-state index in [9.17, 15) is 9.90 Å². The van der Waals surface area contributed by atoms with Gasteiger partial charge in [-0.2, -0.15) is 0 Å². The van der Waals surface area contributed by atoms with Gasteiger partial charge in [0.05, 0.1) is 10.9 Å². The van der Waals surface area contributed by atoms with E-state index in [1.54, 1.807) is 6.07 Å². The molecule has 4 nitrogen and oxygen atoms in total. The summed E-state index contributed by atoms with van der Waals surface area (Å²) < 4.78 is 0. The topological polar surface area (TPSA) is 66.0 Å². The lowest BCUT2D eigenvalue weighted by Gasteiger charge is -2.00. The van der Waals surface area contributed by atoms with Crippen LogP contribution in [0.3, 0.4) is 0 Å². The molecular formula is C10H10N2O2. The first-order valence-electron chi connectivity index (χ1n) is 4.42. The van der Waals surface area contributed by atoms with Gasteiger partial charge in [0.25, 0.3) is 5.56 Å². The maximum absolute atomic E-state index is 11.5. The summed E-state index contributed by atoms with van der Waals surface area (Å²) in [6.07, 6.45) is 0.687. The van der Waals surface area contributed by atoms with Gasteiger partial charge in [-0.15, -0.1) is 0 Å². The molecule has 1 aromatic heterocycles. The van der Waals surface area contributed by atoms with Crippen molar-refractivity contribution in [1.82, 2.24) is 9.97 Å². The Morgan fingerprint density at radius 3 is 3.00 bits per heavy atom. The second kappa shape index (κ2) is 3.14. The highest BCUT2D eigenvalue weighted by molar-refractivity contribution is 5.78. The number of aryl methyl sites for hydroxylation is 1. The molecule has 72 valence electrons. The highest BCUT2D eigenvalue weighted by Gasteiger charge is 2.02. The molecule has 1 aromatic carbocycles. The first-order valence-corrected chi connectivity index (χ1v) is 4.42. The van der Waals surface area contributed by atoms with Gasteiger partial charge in [0.1, 0.15) is 11.6 Å². The van der Waals surface area contributed by atoms with Crippen LogP contribution in [0.15, 0.2) is 23.0 Å². The van der Waals surface area contributed by atoms with Crippen LogP contribution in [0, 0.1) is 0 Å². The third-order valence-corrected chi connectivity index (χ3v) is 2.07. The molecule has 0 saturated carbocycles. The van der Waals surface area contributed by atoms with Crippen LogP contribution in [0.1, 0.15) is 12.7 Å². The second-order valence-electron chi connectivity index (χ2n) is 3.07. The zero-order valence-corrected chi connectivity index (χ0v) is 7.74. The molecule has 0 unspecified atom stereocenters. The van der Waals surface area contributed by atoms with Crippen molar-refractivity contribution in [2.45, 2.75) is 13.3 Å². The van der Waals surface area contributed by atoms with Crippen LogP contribution in [0.4, 0.5) is 0 Å². The molecule has 0 radical (unpaired) electrons. The Morgan fingerprint density at radius 1 is 1.50 bits per heavy atom. The van der Waals surface area contributed by atoms with E-state index >= 15 is 0 Å². The van der Waals surface area contributed by atoms with E-state index in [1.165, 1.54) is 12.1 Å². The molecule has 0 aliphatic carbocycles. The number of nitrogens with zero attached hydrogens (tertiary/aromatic N) is 1. The minimum atomic E-state index is -0.206. The molecule has 0 aliphatic rings. The number of aromatic amines is 1. The Hall–Kier alpha value is -1.84. The molecule has 2 aromatic rings. The molecule has 2 N–H and O–H groups in total. The summed E-state index contributed by atoms with van der Waals surface area (Å²) in [6, 6.07) is 4.58. The Morgan fingerprint density at radius 2 is 2.29 bits per heavy atom. The molecule has 0 saturated heterocycles. The Labute approximate surface area is 80.2 Å². The first-order chi connectivity index (χ1) is 6.70. The number of H-pyrrole nitrogens is 1. The summed E-state index contributed by atoms with van der Waals surface area (Å²) in [7, 11) is 0. The third-order valence-electron chi connectivity index (χ3n) is 2.07. The van der Waals surface area contributed by atoms with E-state index in [1.807, 2.05) is 6.92 Å². The zero-order valence-electron chi connectivity index (χ0n) is 7.74. The lowest BCUT2D eigenvalue weighted by molar-refractivity contribution is 0.476. The number of hydrogen-bond acceptors (Lipinski definition) is 3. The van der Waals surface area contributed by atoms with Gasteiger partial charge >= 0.3 is 0 Å². The lowest BCUT2D eigenvalue weighted by Crippen LogP contribution is -2.11. The maximum Gasteiger partial charge on any atom is 0.258 e. The van der Waals surface area contributed by atoms with Crippen LogP contribution < -0.4 is 5.56 Å². The number of aromatic hydroxyl groups is 1. The number of fused-ring (bicyclic) bond motifs is 1. The molecule has 4 heteroatoms. The molecule has 14 heavy (non-hydrogen) atoms. The summed E-state index contributed by atoms with van der Waals surface area (Å²) in [4.78, 5) is 18.4. The van der Waals surface area contributed by atoms with Crippen molar-refractivity contribution < 1.29 is 5.11 Å². The highest BCUT2D eigenvalue weighted by atomic mass is 16.3. The fourth-order valence-electron chi connectivity index (χ4n) is 1.34. The van der Waals surface area contributed by atoms with Gasteiger partial charge < -0.3 is 10.1 Å². The van der Waals surface area contributed by atoms with Gasteiger partial charge in [-0.3, -0.25) is 4.79 Å². The van der Waals surface area contributed by atoms with Crippen molar-refractivity contribution in [2.24, 2.45) is 0 Å². The summed E-state index contributed by atoms with van der Waals surface area (Å²) in [5.74, 6) is 0.738. The summed E-state index contributed by atoms with van der Waals surface area (Å²) >= 11 is 0. The highest BCUT2D eigenvalue weighted by Crippen LogP contribution is 2.14. The van der Waals surface area contributed by atoms with Crippen molar-refractivity contribution in [2.75, 3.05) is 0 Å². The number of phenols is 1. The molecule has 0 aliphatic heterocycles. The molecule has 0 atom stereocenters. The zero-order chi connectivity index (χ0) is 10.1. The summed E-state index contributed by atoms with van der Waals surface area (Å²) in [5.41, 5.74) is 0.408. The molecule has 0 spiro atoms. The Bertz CT molecular complexity index is 531. The van der Waals surface area contributed by atoms with Gasteiger partial charge in [-0.05, 0) is 18.2 Å². The van der Waals surface area contributed by atoms with Gasteiger partial charge in [0.2, 0.25) is 0 Å². The van der Waals surface area contributed by atoms with Gasteiger partial charge in [-0.25, -0.2) is 4.98 Å². The van der Waals surface area contributed by atoms with Gasteiger partial charge in [0, 0.05) is 6.42 Å². The van der Waals surface area contributed by atoms with Crippen molar-refractivity contribution in [3.05, 3.63) is 34.4 Å². The average Bonchev–Trinajstić information content (AvgIpc) is 2.19. The first kappa shape index (κ1) is 8.74. The predicted molar refractivity (Wildman–Crippen MR) is 53.4 cm³/mol. The second-order valence-corrected chi connectivity index (χ2v) is 3.07. The number of phenolic OH excluding ortho intramolecular Hbond substituents is 1. The summed E-state index contributed by atoms with van der Waals surface area (Å²) in [6.45, 7) is 1.92. The van der Waals surface area contributed by atoms with Gasteiger partial charge in [0.15, 0.2) is 0 Å². The monoisotopic (exact) mass is 190 g/mol. The van der Waals surface area contributed by atoms with E-state index in [0.717, 1.165) is 0 Å². The van der Waals surface area contributed by atoms with E-state index < -0.39 is 0 Å². The number of hydrogen-bond donors (Lipinski definition) is 2. The van der Waals surface area contributed by atoms with E-state index in [-0.39, 0.29) is 11.3 Å². The standard InChI is InChI=1S/C10H10N2O2/c1-2-9-11-8-4-3-6(13)5-7(8)10(14)12-9/h3-5,13H,2H2,1H3,(H,11,12,14). The van der Waals surface area contributed by atoms with Crippen LogP contribution in [0.25, 0.3) is 10.9 Å².